The second-order valence-electron chi connectivity index (χ2n) is 10.3. The fraction of sp³-hybridized carbons (Fsp3) is 0.481. The second-order valence-corrected chi connectivity index (χ2v) is 13.2. The van der Waals surface area contributed by atoms with Crippen molar-refractivity contribution in [3.8, 4) is 0 Å². The molecule has 0 radical (unpaired) electrons. The van der Waals surface area contributed by atoms with Crippen LogP contribution >= 0.6 is 23.2 Å². The van der Waals surface area contributed by atoms with E-state index in [-0.39, 0.29) is 42.9 Å². The number of carboxylic acids is 1. The molecule has 0 bridgehead atoms. The molecule has 4 atom stereocenters. The number of carboxylic acid groups (broad SMARTS) is 1. The van der Waals surface area contributed by atoms with Crippen LogP contribution in [0.4, 0.5) is 0 Å². The highest BCUT2D eigenvalue weighted by Gasteiger charge is 2.52. The fourth-order valence-electron chi connectivity index (χ4n) is 5.21. The van der Waals surface area contributed by atoms with E-state index in [4.69, 9.17) is 23.2 Å². The lowest BCUT2D eigenvalue weighted by atomic mass is 9.66. The van der Waals surface area contributed by atoms with Crippen molar-refractivity contribution in [3.63, 3.8) is 0 Å². The third-order valence-corrected chi connectivity index (χ3v) is 9.00. The molecule has 37 heavy (non-hydrogen) atoms. The first-order valence-corrected chi connectivity index (χ1v) is 14.7. The largest absolute Gasteiger partial charge is 0.481 e. The van der Waals surface area contributed by atoms with Gasteiger partial charge in [0.15, 0.2) is 0 Å². The van der Waals surface area contributed by atoms with E-state index in [0.717, 1.165) is 11.1 Å². The zero-order valence-electron chi connectivity index (χ0n) is 21.4. The van der Waals surface area contributed by atoms with Crippen LogP contribution in [0.25, 0.3) is 0 Å². The van der Waals surface area contributed by atoms with Crippen molar-refractivity contribution < 1.29 is 23.1 Å². The van der Waals surface area contributed by atoms with Crippen LogP contribution in [0.2, 0.25) is 10.0 Å². The summed E-state index contributed by atoms with van der Waals surface area (Å²) in [6, 6.07) is 13.6. The van der Waals surface area contributed by atoms with Gasteiger partial charge < -0.3 is 10.0 Å². The molecule has 0 aliphatic carbocycles. The Hall–Kier alpha value is -2.13. The molecule has 2 N–H and O–H groups in total. The lowest BCUT2D eigenvalue weighted by Gasteiger charge is -2.52. The molecule has 2 aromatic carbocycles. The van der Waals surface area contributed by atoms with Gasteiger partial charge >= 0.3 is 5.97 Å². The number of benzene rings is 2. The summed E-state index contributed by atoms with van der Waals surface area (Å²) in [5, 5.41) is 10.8. The van der Waals surface area contributed by atoms with Gasteiger partial charge in [0.25, 0.3) is 0 Å². The summed E-state index contributed by atoms with van der Waals surface area (Å²) in [6.45, 7) is 7.09. The van der Waals surface area contributed by atoms with Crippen molar-refractivity contribution in [2.24, 2.45) is 11.3 Å². The summed E-state index contributed by atoms with van der Waals surface area (Å²) in [4.78, 5) is 27.9. The molecule has 202 valence electrons. The quantitative estimate of drug-likeness (QED) is 0.394. The van der Waals surface area contributed by atoms with E-state index in [9.17, 15) is 23.1 Å². The Balaban J connectivity index is 2.25. The first-order chi connectivity index (χ1) is 17.3. The highest BCUT2D eigenvalue weighted by Crippen LogP contribution is 2.52. The first kappa shape index (κ1) is 29.4. The minimum Gasteiger partial charge on any atom is -0.481 e. The third-order valence-electron chi connectivity index (χ3n) is 7.15. The van der Waals surface area contributed by atoms with Crippen LogP contribution in [-0.2, 0) is 19.6 Å². The maximum absolute atomic E-state index is 14.3. The van der Waals surface area contributed by atoms with Crippen LogP contribution in [0, 0.1) is 11.3 Å². The maximum Gasteiger partial charge on any atom is 0.304 e. The number of aliphatic carboxylic acids is 1. The van der Waals surface area contributed by atoms with E-state index >= 15 is 0 Å². The van der Waals surface area contributed by atoms with Gasteiger partial charge in [0.1, 0.15) is 0 Å². The van der Waals surface area contributed by atoms with Crippen LogP contribution in [-0.4, -0.2) is 48.6 Å². The van der Waals surface area contributed by atoms with Gasteiger partial charge in [-0.25, -0.2) is 13.1 Å². The van der Waals surface area contributed by atoms with Gasteiger partial charge in [0.05, 0.1) is 23.6 Å². The normalized spacial score (nSPS) is 23.3. The Morgan fingerprint density at radius 2 is 1.78 bits per heavy atom. The number of hydrogen-bond acceptors (Lipinski definition) is 4. The van der Waals surface area contributed by atoms with Gasteiger partial charge in [-0.3, -0.25) is 9.59 Å². The molecule has 0 aromatic heterocycles. The average molecular weight is 570 g/mol. The van der Waals surface area contributed by atoms with Gasteiger partial charge in [-0.05, 0) is 54.7 Å². The molecular formula is C27H34Cl2N2O5S. The van der Waals surface area contributed by atoms with Gasteiger partial charge in [-0.2, -0.15) is 0 Å². The number of nitrogens with zero attached hydrogens (tertiary/aromatic N) is 1. The molecule has 4 unspecified atom stereocenters. The molecule has 1 heterocycles. The van der Waals surface area contributed by atoms with Crippen molar-refractivity contribution in [1.82, 2.24) is 9.62 Å². The zero-order valence-corrected chi connectivity index (χ0v) is 23.8. The van der Waals surface area contributed by atoms with E-state index in [1.165, 1.54) is 0 Å². The number of nitrogens with one attached hydrogen (secondary N) is 1. The highest BCUT2D eigenvalue weighted by atomic mass is 35.5. The van der Waals surface area contributed by atoms with Gasteiger partial charge in [-0.15, -0.1) is 0 Å². The Bertz CT molecular complexity index is 1240. The van der Waals surface area contributed by atoms with Crippen molar-refractivity contribution in [2.45, 2.75) is 58.5 Å². The molecular weight excluding hydrogens is 535 g/mol. The summed E-state index contributed by atoms with van der Waals surface area (Å²) in [7, 11) is -3.53. The lowest BCUT2D eigenvalue weighted by molar-refractivity contribution is -0.161. The fourth-order valence-corrected chi connectivity index (χ4v) is 6.17. The Morgan fingerprint density at radius 1 is 1.14 bits per heavy atom. The van der Waals surface area contributed by atoms with Gasteiger partial charge in [0, 0.05) is 28.5 Å². The predicted octanol–water partition coefficient (Wildman–Crippen LogP) is 5.50. The predicted molar refractivity (Wildman–Crippen MR) is 146 cm³/mol. The van der Waals surface area contributed by atoms with Crippen LogP contribution < -0.4 is 4.72 Å². The van der Waals surface area contributed by atoms with E-state index in [1.54, 1.807) is 36.9 Å². The van der Waals surface area contributed by atoms with Crippen LogP contribution in [0.5, 0.6) is 0 Å². The number of likely N-dealkylation sites (tertiary alicyclic amines) is 1. The SMILES string of the molecule is CCS(=O)(=O)NCC(C(C)C)N1C(=O)C(C)(CC(=O)O)CC(c2cccc(Cl)c2)C1c1ccc(Cl)cc1. The van der Waals surface area contributed by atoms with Gasteiger partial charge in [0.2, 0.25) is 15.9 Å². The number of rotatable bonds is 10. The number of halogens is 2. The number of carbonyl (C=O) groups excluding carboxylic acids is 1. The van der Waals surface area contributed by atoms with E-state index in [0.29, 0.717) is 10.0 Å². The molecule has 10 heteroatoms. The van der Waals surface area contributed by atoms with Crippen LogP contribution in [0.3, 0.4) is 0 Å². The number of piperidine rings is 1. The summed E-state index contributed by atoms with van der Waals surface area (Å²) < 4.78 is 27.3. The molecule has 1 aliphatic rings. The molecule has 3 rings (SSSR count). The third kappa shape index (κ3) is 6.85. The molecule has 1 saturated heterocycles. The topological polar surface area (TPSA) is 104 Å². The monoisotopic (exact) mass is 568 g/mol. The molecule has 1 aliphatic heterocycles. The molecule has 1 amide bonds. The summed E-state index contributed by atoms with van der Waals surface area (Å²) in [5.41, 5.74) is 0.487. The Labute approximate surface area is 229 Å². The maximum atomic E-state index is 14.3. The number of sulfonamides is 1. The smallest absolute Gasteiger partial charge is 0.304 e. The second kappa shape index (κ2) is 11.7. The standard InChI is InChI=1S/C27H34Cl2N2O5S/c1-5-37(35,36)30-16-23(17(2)3)31-25(18-9-11-20(28)12-10-18)22(19-7-6-8-21(29)13-19)14-27(4,26(31)34)15-24(32)33/h6-13,17,22-23,25,30H,5,14-16H2,1-4H3,(H,32,33). The highest BCUT2D eigenvalue weighted by molar-refractivity contribution is 7.89. The molecule has 2 aromatic rings. The number of carbonyl (C=O) groups is 2. The lowest BCUT2D eigenvalue weighted by Crippen LogP contribution is -2.59. The average Bonchev–Trinajstić information content (AvgIpc) is 2.81. The van der Waals surface area contributed by atoms with E-state index in [2.05, 4.69) is 4.72 Å². The van der Waals surface area contributed by atoms with Crippen molar-refractivity contribution >= 4 is 45.1 Å². The Morgan fingerprint density at radius 3 is 2.32 bits per heavy atom. The summed E-state index contributed by atoms with van der Waals surface area (Å²) >= 11 is 12.5. The zero-order chi connectivity index (χ0) is 27.5. The molecule has 0 saturated carbocycles. The van der Waals surface area contributed by atoms with E-state index in [1.807, 2.05) is 44.2 Å². The minimum atomic E-state index is -3.53. The van der Waals surface area contributed by atoms with Crippen LogP contribution in [0.1, 0.15) is 63.6 Å². The minimum absolute atomic E-state index is 0.00901. The summed E-state index contributed by atoms with van der Waals surface area (Å²) in [5.74, 6) is -1.91. The van der Waals surface area contributed by atoms with Crippen molar-refractivity contribution in [3.05, 3.63) is 69.7 Å². The van der Waals surface area contributed by atoms with Crippen LogP contribution in [0.15, 0.2) is 48.5 Å². The van der Waals surface area contributed by atoms with Crippen molar-refractivity contribution in [2.75, 3.05) is 12.3 Å². The molecule has 1 fully saturated rings. The molecule has 7 nitrogen and oxygen atoms in total. The van der Waals surface area contributed by atoms with Gasteiger partial charge in [-0.1, -0.05) is 68.2 Å². The van der Waals surface area contributed by atoms with E-state index < -0.39 is 33.5 Å². The van der Waals surface area contributed by atoms with Crippen molar-refractivity contribution in [1.29, 1.82) is 0 Å². The molecule has 0 spiro atoms. The number of hydrogen-bond donors (Lipinski definition) is 2. The number of amides is 1. The first-order valence-electron chi connectivity index (χ1n) is 12.3. The summed E-state index contributed by atoms with van der Waals surface area (Å²) in [6.07, 6.45) is -0.0635. The Kier molecular flexibility index (Phi) is 9.32.